The van der Waals surface area contributed by atoms with Gasteiger partial charge < -0.3 is 0 Å². The standard InChI is InChI=1S/C10H20Te2/c1-9(2,3)7-11-8(12-7)10(4,5)6/h7-8H,1-6H3. The zero-order chi connectivity index (χ0) is 9.57. The second-order valence-electron chi connectivity index (χ2n) is 5.67. The Morgan fingerprint density at radius 1 is 0.667 bits per heavy atom. The van der Waals surface area contributed by atoms with Crippen molar-refractivity contribution in [1.82, 2.24) is 0 Å². The third-order valence-corrected chi connectivity index (χ3v) is 21.3. The number of hydrogen-bond acceptors (Lipinski definition) is 0. The molecule has 0 aromatic carbocycles. The molecule has 0 aromatic rings. The summed E-state index contributed by atoms with van der Waals surface area (Å²) in [5, 5.41) is 0. The van der Waals surface area contributed by atoms with Crippen LogP contribution in [0.25, 0.3) is 0 Å². The molecule has 0 atom stereocenters. The fourth-order valence-electron chi connectivity index (χ4n) is 1.05. The fraction of sp³-hybridized carbons (Fsp3) is 1.00. The predicted molar refractivity (Wildman–Crippen MR) is 57.9 cm³/mol. The molecule has 1 aliphatic rings. The Labute approximate surface area is 97.4 Å². The first kappa shape index (κ1) is 11.7. The van der Waals surface area contributed by atoms with Crippen molar-refractivity contribution in [3.63, 3.8) is 0 Å². The van der Waals surface area contributed by atoms with Gasteiger partial charge in [-0.15, -0.1) is 0 Å². The van der Waals surface area contributed by atoms with E-state index in [0.29, 0.717) is 52.7 Å². The molecule has 0 bridgehead atoms. The first-order valence-electron chi connectivity index (χ1n) is 4.52. The van der Waals surface area contributed by atoms with Crippen molar-refractivity contribution in [2.24, 2.45) is 10.8 Å². The quantitative estimate of drug-likeness (QED) is 0.553. The molecule has 2 heteroatoms. The van der Waals surface area contributed by atoms with Crippen molar-refractivity contribution in [1.29, 1.82) is 0 Å². The Morgan fingerprint density at radius 2 is 0.917 bits per heavy atom. The van der Waals surface area contributed by atoms with E-state index >= 15 is 0 Å². The summed E-state index contributed by atoms with van der Waals surface area (Å²) in [5.74, 6) is 0. The molecule has 0 radical (unpaired) electrons. The van der Waals surface area contributed by atoms with E-state index in [0.717, 1.165) is 0 Å². The minimum atomic E-state index is 0.361. The van der Waals surface area contributed by atoms with E-state index < -0.39 is 0 Å². The Kier molecular flexibility index (Phi) is 3.52. The van der Waals surface area contributed by atoms with Crippen LogP contribution >= 0.6 is 0 Å². The van der Waals surface area contributed by atoms with Crippen LogP contribution in [0.15, 0.2) is 0 Å². The van der Waals surface area contributed by atoms with Gasteiger partial charge >= 0.3 is 98.2 Å². The summed E-state index contributed by atoms with van der Waals surface area (Å²) >= 11 is 0.722. The van der Waals surface area contributed by atoms with E-state index in [1.807, 2.05) is 0 Å². The maximum atomic E-state index is 2.44. The zero-order valence-corrected chi connectivity index (χ0v) is 13.6. The molecule has 0 nitrogen and oxygen atoms in total. The van der Waals surface area contributed by atoms with Crippen molar-refractivity contribution < 1.29 is 0 Å². The van der Waals surface area contributed by atoms with E-state index in [1.165, 1.54) is 4.03 Å². The van der Waals surface area contributed by atoms with Gasteiger partial charge in [-0.2, -0.15) is 0 Å². The average Bonchev–Trinajstić information content (AvgIpc) is 1.46. The zero-order valence-electron chi connectivity index (χ0n) is 8.97. The van der Waals surface area contributed by atoms with Gasteiger partial charge in [-0.25, -0.2) is 0 Å². The molecule has 1 aliphatic heterocycles. The summed E-state index contributed by atoms with van der Waals surface area (Å²) in [6, 6.07) is 0. The fourth-order valence-corrected chi connectivity index (χ4v) is 13.4. The van der Waals surface area contributed by atoms with Gasteiger partial charge in [-0.05, 0) is 0 Å². The van der Waals surface area contributed by atoms with Crippen LogP contribution in [0.5, 0.6) is 0 Å². The molecule has 1 fully saturated rings. The summed E-state index contributed by atoms with van der Waals surface area (Å²) in [4.78, 5) is 0. The number of hydrogen-bond donors (Lipinski definition) is 0. The molecular weight excluding hydrogens is 375 g/mol. The molecule has 1 saturated heterocycles. The predicted octanol–water partition coefficient (Wildman–Crippen LogP) is 2.99. The Morgan fingerprint density at radius 3 is 1.08 bits per heavy atom. The molecule has 0 aromatic heterocycles. The van der Waals surface area contributed by atoms with Crippen molar-refractivity contribution in [3.8, 4) is 0 Å². The summed E-state index contributed by atoms with van der Waals surface area (Å²) in [6.45, 7) is 14.6. The first-order valence-corrected chi connectivity index (χ1v) is 9.90. The van der Waals surface area contributed by atoms with Crippen LogP contribution in [-0.2, 0) is 0 Å². The molecule has 12 heavy (non-hydrogen) atoms. The summed E-state index contributed by atoms with van der Waals surface area (Å²) < 4.78 is 2.47. The van der Waals surface area contributed by atoms with E-state index in [1.54, 1.807) is 0 Å². The maximum absolute atomic E-state index is 2.44. The van der Waals surface area contributed by atoms with Gasteiger partial charge in [0.2, 0.25) is 0 Å². The van der Waals surface area contributed by atoms with Crippen molar-refractivity contribution in [3.05, 3.63) is 0 Å². The van der Waals surface area contributed by atoms with Gasteiger partial charge in [0.05, 0.1) is 0 Å². The normalized spacial score (nSPS) is 31.5. The van der Waals surface area contributed by atoms with Crippen molar-refractivity contribution >= 4 is 41.8 Å². The molecule has 0 amide bonds. The summed E-state index contributed by atoms with van der Waals surface area (Å²) in [5.41, 5.74) is 1.32. The third-order valence-electron chi connectivity index (χ3n) is 1.91. The first-order chi connectivity index (χ1) is 5.21. The van der Waals surface area contributed by atoms with Gasteiger partial charge in [-0.1, -0.05) is 0 Å². The van der Waals surface area contributed by atoms with Gasteiger partial charge in [0.25, 0.3) is 0 Å². The molecular formula is C10H20Te2. The van der Waals surface area contributed by atoms with Crippen LogP contribution in [0.3, 0.4) is 0 Å². The molecule has 0 spiro atoms. The number of rotatable bonds is 0. The van der Waals surface area contributed by atoms with E-state index in [4.69, 9.17) is 0 Å². The van der Waals surface area contributed by atoms with Crippen molar-refractivity contribution in [2.75, 3.05) is 0 Å². The SMILES string of the molecule is CC(C)(C)C1[Te]C(C(C)(C)C)[Te]1. The van der Waals surface area contributed by atoms with Crippen LogP contribution in [0.1, 0.15) is 41.5 Å². The van der Waals surface area contributed by atoms with Crippen LogP contribution in [-0.4, -0.2) is 41.8 Å². The topological polar surface area (TPSA) is 0 Å². The molecule has 0 unspecified atom stereocenters. The van der Waals surface area contributed by atoms with Crippen molar-refractivity contribution in [2.45, 2.75) is 45.6 Å². The second kappa shape index (κ2) is 3.62. The third kappa shape index (κ3) is 2.78. The van der Waals surface area contributed by atoms with Crippen LogP contribution in [0, 0.1) is 10.8 Å². The Balaban J connectivity index is 2.39. The summed E-state index contributed by atoms with van der Waals surface area (Å²) in [7, 11) is 0. The van der Waals surface area contributed by atoms with Gasteiger partial charge in [-0.3, -0.25) is 0 Å². The van der Waals surface area contributed by atoms with Crippen LogP contribution in [0.4, 0.5) is 0 Å². The molecule has 1 heterocycles. The summed E-state index contributed by atoms with van der Waals surface area (Å²) in [6.07, 6.45) is 0. The second-order valence-corrected chi connectivity index (χ2v) is 18.4. The van der Waals surface area contributed by atoms with Crippen LogP contribution < -0.4 is 0 Å². The van der Waals surface area contributed by atoms with Gasteiger partial charge in [0.1, 0.15) is 0 Å². The molecule has 1 rings (SSSR count). The average molecular weight is 395 g/mol. The van der Waals surface area contributed by atoms with E-state index in [9.17, 15) is 0 Å². The molecule has 0 N–H and O–H groups in total. The van der Waals surface area contributed by atoms with Crippen LogP contribution in [0.2, 0.25) is 4.03 Å². The minimum absolute atomic E-state index is 0.361. The molecule has 0 saturated carbocycles. The van der Waals surface area contributed by atoms with Gasteiger partial charge in [0.15, 0.2) is 0 Å². The monoisotopic (exact) mass is 400 g/mol. The Bertz CT molecular complexity index is 138. The van der Waals surface area contributed by atoms with Gasteiger partial charge in [0, 0.05) is 0 Å². The Hall–Kier alpha value is 1.58. The molecule has 0 aliphatic carbocycles. The van der Waals surface area contributed by atoms with E-state index in [-0.39, 0.29) is 0 Å². The van der Waals surface area contributed by atoms with E-state index in [2.05, 4.69) is 41.5 Å². The molecule has 72 valence electrons.